The molecule has 5 nitrogen and oxygen atoms in total. The van der Waals surface area contributed by atoms with Gasteiger partial charge in [-0.2, -0.15) is 0 Å². The van der Waals surface area contributed by atoms with E-state index in [-0.39, 0.29) is 5.69 Å². The minimum atomic E-state index is -0.475. The van der Waals surface area contributed by atoms with Gasteiger partial charge >= 0.3 is 0 Å². The van der Waals surface area contributed by atoms with Gasteiger partial charge in [-0.05, 0) is 11.6 Å². The normalized spacial score (nSPS) is 10.1. The molecular formula is C12H9ClN2O3. The van der Waals surface area contributed by atoms with Crippen LogP contribution in [0.2, 0.25) is 0 Å². The average Bonchev–Trinajstić information content (AvgIpc) is 2.40. The Bertz CT molecular complexity index is 558. The molecule has 2 aromatic rings. The fourth-order valence-electron chi connectivity index (χ4n) is 1.33. The van der Waals surface area contributed by atoms with Crippen LogP contribution < -0.4 is 4.74 Å². The summed E-state index contributed by atoms with van der Waals surface area (Å²) in [5.74, 6) is 1.11. The van der Waals surface area contributed by atoms with Crippen LogP contribution in [-0.4, -0.2) is 9.91 Å². The summed E-state index contributed by atoms with van der Waals surface area (Å²) in [6.45, 7) is 0. The van der Waals surface area contributed by atoms with Crippen molar-refractivity contribution in [2.24, 2.45) is 0 Å². The molecule has 92 valence electrons. The van der Waals surface area contributed by atoms with Crippen LogP contribution in [0.3, 0.4) is 0 Å². The zero-order chi connectivity index (χ0) is 13.0. The van der Waals surface area contributed by atoms with Crippen LogP contribution in [0, 0.1) is 10.1 Å². The summed E-state index contributed by atoms with van der Waals surface area (Å²) in [6.07, 6.45) is 1.60. The molecule has 0 aliphatic carbocycles. The molecule has 0 radical (unpaired) electrons. The van der Waals surface area contributed by atoms with Crippen LogP contribution >= 0.6 is 11.6 Å². The van der Waals surface area contributed by atoms with Crippen LogP contribution in [0.4, 0.5) is 5.69 Å². The third-order valence-corrected chi connectivity index (χ3v) is 2.51. The van der Waals surface area contributed by atoms with Gasteiger partial charge in [-0.1, -0.05) is 12.1 Å². The topological polar surface area (TPSA) is 65.3 Å². The highest BCUT2D eigenvalue weighted by atomic mass is 35.5. The number of hydrogen-bond acceptors (Lipinski definition) is 4. The van der Waals surface area contributed by atoms with Crippen molar-refractivity contribution in [3.05, 3.63) is 58.3 Å². The molecule has 0 unspecified atom stereocenters. The Labute approximate surface area is 108 Å². The first kappa shape index (κ1) is 12.3. The number of benzene rings is 1. The number of halogens is 1. The number of nitro benzene ring substituents is 1. The van der Waals surface area contributed by atoms with Gasteiger partial charge in [0.2, 0.25) is 5.88 Å². The summed E-state index contributed by atoms with van der Waals surface area (Å²) in [5, 5.41) is 10.6. The quantitative estimate of drug-likeness (QED) is 0.481. The SMILES string of the molecule is O=[N+]([O-])c1cccc(Oc2ccc(CCl)cn2)c1. The predicted molar refractivity (Wildman–Crippen MR) is 67.0 cm³/mol. The lowest BCUT2D eigenvalue weighted by atomic mass is 10.3. The number of nitro groups is 1. The Kier molecular flexibility index (Phi) is 3.74. The number of ether oxygens (including phenoxy) is 1. The number of pyridine rings is 1. The van der Waals surface area contributed by atoms with Crippen molar-refractivity contribution in [2.75, 3.05) is 0 Å². The maximum atomic E-state index is 10.6. The second-order valence-corrected chi connectivity index (χ2v) is 3.76. The highest BCUT2D eigenvalue weighted by molar-refractivity contribution is 6.17. The van der Waals surface area contributed by atoms with Crippen molar-refractivity contribution in [1.29, 1.82) is 0 Å². The first-order valence-corrected chi connectivity index (χ1v) is 5.65. The molecule has 0 N–H and O–H groups in total. The minimum absolute atomic E-state index is 0.0233. The molecule has 0 saturated heterocycles. The van der Waals surface area contributed by atoms with Crippen molar-refractivity contribution in [3.8, 4) is 11.6 Å². The van der Waals surface area contributed by atoms with Gasteiger partial charge in [-0.3, -0.25) is 10.1 Å². The molecule has 1 aromatic carbocycles. The smallest absolute Gasteiger partial charge is 0.273 e. The summed E-state index contributed by atoms with van der Waals surface area (Å²) in [6, 6.07) is 9.38. The van der Waals surface area contributed by atoms with E-state index >= 15 is 0 Å². The van der Waals surface area contributed by atoms with Crippen LogP contribution in [-0.2, 0) is 5.88 Å². The Hall–Kier alpha value is -2.14. The number of non-ortho nitro benzene ring substituents is 1. The molecule has 0 atom stereocenters. The molecule has 1 aromatic heterocycles. The lowest BCUT2D eigenvalue weighted by Crippen LogP contribution is -1.91. The van der Waals surface area contributed by atoms with Gasteiger partial charge in [-0.25, -0.2) is 4.98 Å². The Balaban J connectivity index is 2.17. The second kappa shape index (κ2) is 5.46. The summed E-state index contributed by atoms with van der Waals surface area (Å²) in [4.78, 5) is 14.2. The number of nitrogens with zero attached hydrogens (tertiary/aromatic N) is 2. The number of aromatic nitrogens is 1. The van der Waals surface area contributed by atoms with Crippen LogP contribution in [0.25, 0.3) is 0 Å². The predicted octanol–water partition coefficient (Wildman–Crippen LogP) is 3.52. The Morgan fingerprint density at radius 2 is 2.17 bits per heavy atom. The molecule has 0 bridgehead atoms. The second-order valence-electron chi connectivity index (χ2n) is 3.49. The third kappa shape index (κ3) is 2.95. The molecule has 0 spiro atoms. The zero-order valence-corrected chi connectivity index (χ0v) is 10.0. The van der Waals surface area contributed by atoms with Crippen molar-refractivity contribution in [1.82, 2.24) is 4.98 Å². The van der Waals surface area contributed by atoms with E-state index in [1.165, 1.54) is 12.1 Å². The summed E-state index contributed by atoms with van der Waals surface area (Å²) < 4.78 is 5.41. The van der Waals surface area contributed by atoms with Gasteiger partial charge in [0.25, 0.3) is 5.69 Å². The Morgan fingerprint density at radius 1 is 1.33 bits per heavy atom. The highest BCUT2D eigenvalue weighted by Gasteiger charge is 2.07. The zero-order valence-electron chi connectivity index (χ0n) is 9.25. The fourth-order valence-corrected chi connectivity index (χ4v) is 1.49. The molecule has 0 amide bonds. The van der Waals surface area contributed by atoms with E-state index in [4.69, 9.17) is 16.3 Å². The van der Waals surface area contributed by atoms with Crippen molar-refractivity contribution in [2.45, 2.75) is 5.88 Å². The van der Waals surface area contributed by atoms with E-state index in [0.29, 0.717) is 17.5 Å². The lowest BCUT2D eigenvalue weighted by Gasteiger charge is -2.04. The maximum Gasteiger partial charge on any atom is 0.273 e. The maximum absolute atomic E-state index is 10.6. The van der Waals surface area contributed by atoms with Gasteiger partial charge < -0.3 is 4.74 Å². The van der Waals surface area contributed by atoms with Gasteiger partial charge in [0.15, 0.2) is 0 Å². The number of rotatable bonds is 4. The van der Waals surface area contributed by atoms with E-state index in [2.05, 4.69) is 4.98 Å². The first-order chi connectivity index (χ1) is 8.69. The van der Waals surface area contributed by atoms with Gasteiger partial charge in [0, 0.05) is 24.2 Å². The monoisotopic (exact) mass is 264 g/mol. The van der Waals surface area contributed by atoms with Gasteiger partial charge in [-0.15, -0.1) is 11.6 Å². The van der Waals surface area contributed by atoms with Crippen LogP contribution in [0.1, 0.15) is 5.56 Å². The lowest BCUT2D eigenvalue weighted by molar-refractivity contribution is -0.384. The van der Waals surface area contributed by atoms with E-state index in [9.17, 15) is 10.1 Å². The molecular weight excluding hydrogens is 256 g/mol. The fraction of sp³-hybridized carbons (Fsp3) is 0.0833. The third-order valence-electron chi connectivity index (χ3n) is 2.20. The summed E-state index contributed by atoms with van der Waals surface area (Å²) in [7, 11) is 0. The van der Waals surface area contributed by atoms with Crippen LogP contribution in [0.15, 0.2) is 42.6 Å². The van der Waals surface area contributed by atoms with Crippen LogP contribution in [0.5, 0.6) is 11.6 Å². The standard InChI is InChI=1S/C12H9ClN2O3/c13-7-9-4-5-12(14-8-9)18-11-3-1-2-10(6-11)15(16)17/h1-6,8H,7H2. The summed E-state index contributed by atoms with van der Waals surface area (Å²) in [5.41, 5.74) is 0.855. The molecule has 2 rings (SSSR count). The largest absolute Gasteiger partial charge is 0.439 e. The molecule has 0 saturated carbocycles. The average molecular weight is 265 g/mol. The van der Waals surface area contributed by atoms with Crippen molar-refractivity contribution >= 4 is 17.3 Å². The molecule has 0 fully saturated rings. The highest BCUT2D eigenvalue weighted by Crippen LogP contribution is 2.23. The van der Waals surface area contributed by atoms with E-state index < -0.39 is 4.92 Å². The minimum Gasteiger partial charge on any atom is -0.439 e. The van der Waals surface area contributed by atoms with E-state index in [1.54, 1.807) is 30.5 Å². The van der Waals surface area contributed by atoms with E-state index in [1.807, 2.05) is 0 Å². The molecule has 6 heteroatoms. The molecule has 18 heavy (non-hydrogen) atoms. The number of alkyl halides is 1. The van der Waals surface area contributed by atoms with Crippen molar-refractivity contribution in [3.63, 3.8) is 0 Å². The summed E-state index contributed by atoms with van der Waals surface area (Å²) >= 11 is 5.64. The molecule has 1 heterocycles. The Morgan fingerprint density at radius 3 is 2.78 bits per heavy atom. The first-order valence-electron chi connectivity index (χ1n) is 5.12. The van der Waals surface area contributed by atoms with Gasteiger partial charge in [0.1, 0.15) is 5.75 Å². The van der Waals surface area contributed by atoms with Gasteiger partial charge in [0.05, 0.1) is 11.0 Å². The molecule has 0 aliphatic rings. The number of hydrogen-bond donors (Lipinski definition) is 0. The van der Waals surface area contributed by atoms with Crippen molar-refractivity contribution < 1.29 is 9.66 Å². The molecule has 0 aliphatic heterocycles. The van der Waals surface area contributed by atoms with E-state index in [0.717, 1.165) is 5.56 Å².